The smallest absolute Gasteiger partial charge is 0.416 e. The Kier molecular flexibility index (Phi) is 23.5. The van der Waals surface area contributed by atoms with Gasteiger partial charge in [0.15, 0.2) is 0 Å². The van der Waals surface area contributed by atoms with Gasteiger partial charge in [0.1, 0.15) is 30.9 Å². The van der Waals surface area contributed by atoms with Gasteiger partial charge in [-0.25, -0.2) is 9.18 Å². The molecular weight excluding hydrogens is 1260 g/mol. The van der Waals surface area contributed by atoms with Crippen LogP contribution >= 0.6 is 0 Å². The predicted molar refractivity (Wildman–Crippen MR) is 355 cm³/mol. The van der Waals surface area contributed by atoms with Crippen LogP contribution in [0.25, 0.3) is 11.1 Å². The highest BCUT2D eigenvalue weighted by Crippen LogP contribution is 2.48. The number of hydrogen-bond donors (Lipinski definition) is 2. The first kappa shape index (κ1) is 71.4. The van der Waals surface area contributed by atoms with Crippen LogP contribution in [0.1, 0.15) is 113 Å². The van der Waals surface area contributed by atoms with Crippen LogP contribution < -0.4 is 10.6 Å². The summed E-state index contributed by atoms with van der Waals surface area (Å²) in [4.78, 5) is 77.4. The van der Waals surface area contributed by atoms with E-state index in [0.29, 0.717) is 107 Å². The van der Waals surface area contributed by atoms with Crippen LogP contribution in [0.3, 0.4) is 0 Å². The van der Waals surface area contributed by atoms with Gasteiger partial charge in [-0.2, -0.15) is 26.3 Å². The number of carbonyl (C=O) groups is 5. The third-order valence-corrected chi connectivity index (χ3v) is 19.5. The van der Waals surface area contributed by atoms with E-state index in [1.54, 1.807) is 40.9 Å². The second-order valence-electron chi connectivity index (χ2n) is 26.0. The summed E-state index contributed by atoms with van der Waals surface area (Å²) in [5.41, 5.74) is 1.18. The zero-order valence-electron chi connectivity index (χ0n) is 55.1. The van der Waals surface area contributed by atoms with E-state index < -0.39 is 64.6 Å². The van der Waals surface area contributed by atoms with Crippen LogP contribution in [0.2, 0.25) is 0 Å². The minimum atomic E-state index is -5.15. The number of halogens is 7. The molecule has 0 radical (unpaired) electrons. The van der Waals surface area contributed by atoms with Crippen molar-refractivity contribution in [3.05, 3.63) is 190 Å². The Labute approximate surface area is 562 Å². The number of hydrogen-bond acceptors (Lipinski definition) is 11. The SMILES string of the molecule is CN(CCN1CCC(OC(=O)Nc2ccccc2-c2ccccc2)CC1)C(=O)CCCCCNc1ccc(C(=O)N(C)CCCN(C)C(=O)COC2Cc3ccccc3C23CCN(CC[C@]2(c4ccc(F)cc4)CN(C(=O)c4cc(C(F)(F)F)cc(C(F)(F)F)c4)CO2)CC3)cc1. The maximum absolute atomic E-state index is 14.2. The minimum Gasteiger partial charge on any atom is -0.446 e. The summed E-state index contributed by atoms with van der Waals surface area (Å²) in [7, 11) is 5.30. The summed E-state index contributed by atoms with van der Waals surface area (Å²) in [6.45, 7) is 5.32. The number of piperidine rings is 2. The van der Waals surface area contributed by atoms with E-state index in [9.17, 15) is 54.7 Å². The Morgan fingerprint density at radius 1 is 0.649 bits per heavy atom. The van der Waals surface area contributed by atoms with E-state index in [1.807, 2.05) is 85.9 Å². The molecule has 2 N–H and O–H groups in total. The second-order valence-corrected chi connectivity index (χ2v) is 26.0. The topological polar surface area (TPSA) is 157 Å². The Morgan fingerprint density at radius 3 is 1.99 bits per heavy atom. The Balaban J connectivity index is 0.604. The van der Waals surface area contributed by atoms with Gasteiger partial charge in [-0.3, -0.25) is 24.5 Å². The van der Waals surface area contributed by atoms with Gasteiger partial charge < -0.3 is 48.9 Å². The van der Waals surface area contributed by atoms with Crippen LogP contribution in [0, 0.1) is 5.82 Å². The molecule has 1 unspecified atom stereocenters. The standard InChI is InChI=1S/C74H85F7N8O8/c1-84(36-14-37-86(3)68(92)53-22-28-60(29-23-53)82-35-13-5-8-21-66(90)85(2)43-44-87-38-30-61(31-39-87)97-70(94)83-64-20-12-10-18-62(64)52-15-6-4-7-16-52)67(91)49-95-65-47-54-17-9-11-19-63(54)71(65)32-40-88(41-33-71)42-34-72(56-24-26-59(75)27-25-56)50-89(51-96-72)69(93)55-45-57(73(76,77)78)48-58(46-55)74(79,80)81/h4,6-7,9-12,15-20,22-29,45-46,48,61,65,82H,5,8,13-14,21,30-44,47,49-51H2,1-3H3,(H,83,94)/t65?,72-/m1/s1. The monoisotopic (exact) mass is 1350 g/mol. The molecule has 0 saturated carbocycles. The molecule has 3 heterocycles. The van der Waals surface area contributed by atoms with Gasteiger partial charge in [0, 0.05) is 108 Å². The number of likely N-dealkylation sites (N-methyl/N-ethyl adjacent to an activating group) is 2. The number of benzene rings is 6. The third kappa shape index (κ3) is 18.2. The van der Waals surface area contributed by atoms with Crippen molar-refractivity contribution in [3.63, 3.8) is 0 Å². The van der Waals surface area contributed by atoms with E-state index in [1.165, 1.54) is 24.3 Å². The van der Waals surface area contributed by atoms with Gasteiger partial charge >= 0.3 is 18.4 Å². The number of alkyl halides is 6. The van der Waals surface area contributed by atoms with Gasteiger partial charge in [-0.15, -0.1) is 0 Å². The molecule has 10 rings (SSSR count). The van der Waals surface area contributed by atoms with Gasteiger partial charge in [0.25, 0.3) is 11.8 Å². The maximum Gasteiger partial charge on any atom is 0.416 e. The molecule has 97 heavy (non-hydrogen) atoms. The average molecular weight is 1350 g/mol. The van der Waals surface area contributed by atoms with Crippen molar-refractivity contribution in [1.82, 2.24) is 29.4 Å². The second kappa shape index (κ2) is 31.9. The van der Waals surface area contributed by atoms with Crippen molar-refractivity contribution in [2.45, 2.75) is 106 Å². The average Bonchev–Trinajstić information content (AvgIpc) is 1.61. The zero-order valence-corrected chi connectivity index (χ0v) is 55.1. The molecule has 3 aliphatic heterocycles. The number of anilines is 2. The molecule has 1 spiro atoms. The first-order valence-electron chi connectivity index (χ1n) is 33.3. The first-order chi connectivity index (χ1) is 46.5. The maximum atomic E-state index is 14.2. The van der Waals surface area contributed by atoms with Crippen LogP contribution in [0.15, 0.2) is 146 Å². The molecule has 6 aromatic carbocycles. The summed E-state index contributed by atoms with van der Waals surface area (Å²) in [5, 5.41) is 6.35. The number of rotatable bonds is 26. The number of carbonyl (C=O) groups excluding carboxylic acids is 5. The molecule has 3 saturated heterocycles. The number of nitrogens with one attached hydrogen (secondary N) is 2. The lowest BCUT2D eigenvalue weighted by atomic mass is 9.72. The van der Waals surface area contributed by atoms with Crippen molar-refractivity contribution in [2.24, 2.45) is 0 Å². The Hall–Kier alpha value is -8.38. The van der Waals surface area contributed by atoms with Gasteiger partial charge in [0.2, 0.25) is 11.8 Å². The largest absolute Gasteiger partial charge is 0.446 e. The molecule has 6 aromatic rings. The lowest BCUT2D eigenvalue weighted by Gasteiger charge is -2.44. The highest BCUT2D eigenvalue weighted by atomic mass is 19.4. The predicted octanol–water partition coefficient (Wildman–Crippen LogP) is 13.0. The number of amides is 5. The van der Waals surface area contributed by atoms with E-state index in [0.717, 1.165) is 84.6 Å². The Bertz CT molecular complexity index is 3630. The van der Waals surface area contributed by atoms with E-state index in [2.05, 4.69) is 32.6 Å². The van der Waals surface area contributed by atoms with Crippen molar-refractivity contribution >= 4 is 41.1 Å². The lowest BCUT2D eigenvalue weighted by Crippen LogP contribution is -2.50. The molecular formula is C74H85F7N8O8. The summed E-state index contributed by atoms with van der Waals surface area (Å²) in [5.74, 6) is -1.82. The number of fused-ring (bicyclic) bond motifs is 2. The zero-order chi connectivity index (χ0) is 68.9. The quantitative estimate of drug-likeness (QED) is 0.0394. The molecule has 0 bridgehead atoms. The molecule has 5 amide bonds. The normalized spacial score (nSPS) is 18.2. The summed E-state index contributed by atoms with van der Waals surface area (Å²) >= 11 is 0. The molecule has 3 fully saturated rings. The molecule has 0 aromatic heterocycles. The van der Waals surface area contributed by atoms with Crippen molar-refractivity contribution in [1.29, 1.82) is 0 Å². The summed E-state index contributed by atoms with van der Waals surface area (Å²) in [6.07, 6.45) is -4.02. The van der Waals surface area contributed by atoms with E-state index >= 15 is 0 Å². The van der Waals surface area contributed by atoms with Crippen LogP contribution in [-0.2, 0) is 53.6 Å². The molecule has 16 nitrogen and oxygen atoms in total. The van der Waals surface area contributed by atoms with Crippen molar-refractivity contribution < 1.29 is 68.9 Å². The fourth-order valence-electron chi connectivity index (χ4n) is 13.7. The van der Waals surface area contributed by atoms with Gasteiger partial charge in [0.05, 0.1) is 29.5 Å². The highest BCUT2D eigenvalue weighted by Gasteiger charge is 2.50. The van der Waals surface area contributed by atoms with Crippen molar-refractivity contribution in [3.8, 4) is 11.1 Å². The number of para-hydroxylation sites is 1. The Morgan fingerprint density at radius 2 is 1.29 bits per heavy atom. The molecule has 4 aliphatic rings. The summed E-state index contributed by atoms with van der Waals surface area (Å²) < 4.78 is 116. The van der Waals surface area contributed by atoms with Crippen LogP contribution in [0.5, 0.6) is 0 Å². The van der Waals surface area contributed by atoms with Gasteiger partial charge in [-0.1, -0.05) is 91.3 Å². The van der Waals surface area contributed by atoms with E-state index in [-0.39, 0.29) is 55.6 Å². The molecule has 2 atom stereocenters. The summed E-state index contributed by atoms with van der Waals surface area (Å²) in [6, 6.07) is 39.3. The lowest BCUT2D eigenvalue weighted by molar-refractivity contribution is -0.143. The molecule has 1 aliphatic carbocycles. The number of ether oxygens (including phenoxy) is 3. The van der Waals surface area contributed by atoms with Crippen LogP contribution in [-0.4, -0.2) is 178 Å². The van der Waals surface area contributed by atoms with Crippen LogP contribution in [0.4, 0.5) is 46.9 Å². The van der Waals surface area contributed by atoms with Crippen molar-refractivity contribution in [2.75, 3.05) is 117 Å². The minimum absolute atomic E-state index is 0.0285. The highest BCUT2D eigenvalue weighted by molar-refractivity contribution is 5.95. The van der Waals surface area contributed by atoms with E-state index in [4.69, 9.17) is 14.2 Å². The number of likely N-dealkylation sites (tertiary alicyclic amines) is 2. The molecule has 518 valence electrons. The fourth-order valence-corrected chi connectivity index (χ4v) is 13.7. The first-order valence-corrected chi connectivity index (χ1v) is 33.3. The molecule has 23 heteroatoms. The number of nitrogens with zero attached hydrogens (tertiary/aromatic N) is 6. The van der Waals surface area contributed by atoms with Gasteiger partial charge in [-0.05, 0) is 154 Å². The fraction of sp³-hybridized carbons (Fsp3) is 0.446. The third-order valence-electron chi connectivity index (χ3n) is 19.5. The number of unbranched alkanes of at least 4 members (excludes halogenated alkanes) is 2.